The fourth-order valence-electron chi connectivity index (χ4n) is 1.27. The molecule has 0 atom stereocenters. The molecule has 5 heteroatoms. The molecule has 0 spiro atoms. The average Bonchev–Trinajstić information content (AvgIpc) is 2.75. The van der Waals surface area contributed by atoms with Crippen molar-refractivity contribution in [3.05, 3.63) is 11.1 Å². The molecule has 0 saturated carbocycles. The summed E-state index contributed by atoms with van der Waals surface area (Å²) in [6.07, 6.45) is 1.37. The van der Waals surface area contributed by atoms with Gasteiger partial charge in [0.15, 0.2) is 5.13 Å². The van der Waals surface area contributed by atoms with E-state index in [-0.39, 0.29) is 17.8 Å². The van der Waals surface area contributed by atoms with Gasteiger partial charge in [-0.05, 0) is 18.8 Å². The molecule has 0 amide bonds. The SMILES string of the molecule is CCOC(=O)Cc1csc(NCC(C)(C)CC)n1. The Morgan fingerprint density at radius 3 is 2.83 bits per heavy atom. The highest BCUT2D eigenvalue weighted by atomic mass is 32.1. The number of aromatic nitrogens is 1. The maximum absolute atomic E-state index is 11.3. The molecular formula is C13H22N2O2S. The van der Waals surface area contributed by atoms with Crippen LogP contribution in [0.4, 0.5) is 5.13 Å². The Morgan fingerprint density at radius 2 is 2.22 bits per heavy atom. The third-order valence-electron chi connectivity index (χ3n) is 2.86. The van der Waals surface area contributed by atoms with Crippen molar-refractivity contribution in [3.63, 3.8) is 0 Å². The van der Waals surface area contributed by atoms with Gasteiger partial charge in [-0.2, -0.15) is 0 Å². The zero-order valence-electron chi connectivity index (χ0n) is 11.6. The van der Waals surface area contributed by atoms with E-state index >= 15 is 0 Å². The summed E-state index contributed by atoms with van der Waals surface area (Å²) in [4.78, 5) is 15.7. The van der Waals surface area contributed by atoms with Crippen LogP contribution in [0.15, 0.2) is 5.38 Å². The van der Waals surface area contributed by atoms with Crippen molar-refractivity contribution >= 4 is 22.4 Å². The van der Waals surface area contributed by atoms with Gasteiger partial charge in [-0.25, -0.2) is 4.98 Å². The number of nitrogens with one attached hydrogen (secondary N) is 1. The molecule has 4 nitrogen and oxygen atoms in total. The van der Waals surface area contributed by atoms with E-state index in [1.54, 1.807) is 6.92 Å². The molecule has 0 fully saturated rings. The van der Waals surface area contributed by atoms with Crippen LogP contribution in [0.2, 0.25) is 0 Å². The molecular weight excluding hydrogens is 248 g/mol. The zero-order valence-corrected chi connectivity index (χ0v) is 12.4. The van der Waals surface area contributed by atoms with Crippen LogP contribution in [0.5, 0.6) is 0 Å². The van der Waals surface area contributed by atoms with Gasteiger partial charge in [-0.15, -0.1) is 11.3 Å². The van der Waals surface area contributed by atoms with Crippen molar-refractivity contribution < 1.29 is 9.53 Å². The molecule has 0 radical (unpaired) electrons. The van der Waals surface area contributed by atoms with Crippen molar-refractivity contribution in [2.24, 2.45) is 5.41 Å². The third kappa shape index (κ3) is 5.04. The van der Waals surface area contributed by atoms with E-state index in [2.05, 4.69) is 31.1 Å². The summed E-state index contributed by atoms with van der Waals surface area (Å²) < 4.78 is 4.89. The van der Waals surface area contributed by atoms with Gasteiger partial charge in [-0.3, -0.25) is 4.79 Å². The van der Waals surface area contributed by atoms with Crippen molar-refractivity contribution in [1.29, 1.82) is 0 Å². The van der Waals surface area contributed by atoms with Crippen molar-refractivity contribution in [3.8, 4) is 0 Å². The van der Waals surface area contributed by atoms with E-state index in [4.69, 9.17) is 4.74 Å². The average molecular weight is 270 g/mol. The van der Waals surface area contributed by atoms with E-state index < -0.39 is 0 Å². The summed E-state index contributed by atoms with van der Waals surface area (Å²) in [6.45, 7) is 9.71. The van der Waals surface area contributed by atoms with Gasteiger partial charge in [-0.1, -0.05) is 20.8 Å². The number of carbonyl (C=O) groups is 1. The van der Waals surface area contributed by atoms with Crippen LogP contribution in [0.3, 0.4) is 0 Å². The van der Waals surface area contributed by atoms with Crippen molar-refractivity contribution in [2.45, 2.75) is 40.5 Å². The smallest absolute Gasteiger partial charge is 0.311 e. The minimum atomic E-state index is -0.219. The van der Waals surface area contributed by atoms with E-state index in [0.29, 0.717) is 6.61 Å². The molecule has 1 aromatic rings. The number of nitrogens with zero attached hydrogens (tertiary/aromatic N) is 1. The first-order valence-electron chi connectivity index (χ1n) is 6.30. The maximum Gasteiger partial charge on any atom is 0.311 e. The van der Waals surface area contributed by atoms with Crippen molar-refractivity contribution in [1.82, 2.24) is 4.98 Å². The monoisotopic (exact) mass is 270 g/mol. The number of hydrogen-bond donors (Lipinski definition) is 1. The fraction of sp³-hybridized carbons (Fsp3) is 0.692. The van der Waals surface area contributed by atoms with Crippen molar-refractivity contribution in [2.75, 3.05) is 18.5 Å². The van der Waals surface area contributed by atoms with Crippen LogP contribution >= 0.6 is 11.3 Å². The Hall–Kier alpha value is -1.10. The van der Waals surface area contributed by atoms with E-state index in [0.717, 1.165) is 23.8 Å². The second kappa shape index (κ2) is 6.73. The summed E-state index contributed by atoms with van der Waals surface area (Å²) >= 11 is 1.53. The lowest BCUT2D eigenvalue weighted by Gasteiger charge is -2.22. The highest BCUT2D eigenvalue weighted by Gasteiger charge is 2.15. The number of anilines is 1. The van der Waals surface area contributed by atoms with Gasteiger partial charge in [0.05, 0.1) is 18.7 Å². The molecule has 0 aliphatic carbocycles. The van der Waals surface area contributed by atoms with Crippen LogP contribution in [0, 0.1) is 5.41 Å². The predicted octanol–water partition coefficient (Wildman–Crippen LogP) is 3.10. The molecule has 0 bridgehead atoms. The molecule has 0 unspecified atom stereocenters. The summed E-state index contributed by atoms with van der Waals surface area (Å²) in [5.74, 6) is -0.219. The second-order valence-electron chi connectivity index (χ2n) is 5.00. The first-order valence-corrected chi connectivity index (χ1v) is 7.18. The molecule has 18 heavy (non-hydrogen) atoms. The zero-order chi connectivity index (χ0) is 13.6. The standard InChI is InChI=1S/C13H22N2O2S/c1-5-13(3,4)9-14-12-15-10(8-18-12)7-11(16)17-6-2/h8H,5-7,9H2,1-4H3,(H,14,15). The van der Waals surface area contributed by atoms with Gasteiger partial charge in [0.25, 0.3) is 0 Å². The lowest BCUT2D eigenvalue weighted by atomic mass is 9.90. The Kier molecular flexibility index (Phi) is 5.59. The van der Waals surface area contributed by atoms with E-state index in [1.807, 2.05) is 5.38 Å². The first-order chi connectivity index (χ1) is 8.46. The second-order valence-corrected chi connectivity index (χ2v) is 5.86. The molecule has 0 aliphatic rings. The topological polar surface area (TPSA) is 51.2 Å². The highest BCUT2D eigenvalue weighted by Crippen LogP contribution is 2.22. The highest BCUT2D eigenvalue weighted by molar-refractivity contribution is 7.13. The minimum Gasteiger partial charge on any atom is -0.466 e. The van der Waals surface area contributed by atoms with Gasteiger partial charge in [0, 0.05) is 11.9 Å². The number of rotatable bonds is 7. The lowest BCUT2D eigenvalue weighted by molar-refractivity contribution is -0.142. The summed E-state index contributed by atoms with van der Waals surface area (Å²) in [7, 11) is 0. The molecule has 102 valence electrons. The summed E-state index contributed by atoms with van der Waals surface area (Å²) in [5, 5.41) is 6.09. The number of ether oxygens (including phenoxy) is 1. The molecule has 0 aliphatic heterocycles. The quantitative estimate of drug-likeness (QED) is 0.774. The summed E-state index contributed by atoms with van der Waals surface area (Å²) in [6, 6.07) is 0. The fourth-order valence-corrected chi connectivity index (χ4v) is 1.98. The van der Waals surface area contributed by atoms with E-state index in [1.165, 1.54) is 11.3 Å². The normalized spacial score (nSPS) is 11.3. The Balaban J connectivity index is 2.46. The maximum atomic E-state index is 11.3. The van der Waals surface area contributed by atoms with Crippen LogP contribution in [0.1, 0.15) is 39.8 Å². The number of carbonyl (C=O) groups excluding carboxylic acids is 1. The minimum absolute atomic E-state index is 0.219. The Morgan fingerprint density at radius 1 is 1.50 bits per heavy atom. The lowest BCUT2D eigenvalue weighted by Crippen LogP contribution is -2.21. The van der Waals surface area contributed by atoms with Gasteiger partial charge in [0.1, 0.15) is 0 Å². The number of esters is 1. The van der Waals surface area contributed by atoms with Crippen LogP contribution < -0.4 is 5.32 Å². The van der Waals surface area contributed by atoms with Gasteiger partial charge >= 0.3 is 5.97 Å². The van der Waals surface area contributed by atoms with E-state index in [9.17, 15) is 4.79 Å². The van der Waals surface area contributed by atoms with Crippen LogP contribution in [-0.4, -0.2) is 24.1 Å². The van der Waals surface area contributed by atoms with Gasteiger partial charge < -0.3 is 10.1 Å². The molecule has 1 N–H and O–H groups in total. The predicted molar refractivity (Wildman–Crippen MR) is 75.0 cm³/mol. The number of thiazole rings is 1. The Bertz CT molecular complexity index is 388. The number of hydrogen-bond acceptors (Lipinski definition) is 5. The molecule has 0 saturated heterocycles. The molecule has 1 aromatic heterocycles. The van der Waals surface area contributed by atoms with Crippen LogP contribution in [-0.2, 0) is 16.0 Å². The Labute approximate surface area is 113 Å². The molecule has 1 rings (SSSR count). The molecule has 1 heterocycles. The first kappa shape index (κ1) is 15.0. The molecule has 0 aromatic carbocycles. The summed E-state index contributed by atoms with van der Waals surface area (Å²) in [5.41, 5.74) is 1.03. The van der Waals surface area contributed by atoms with Gasteiger partial charge in [0.2, 0.25) is 0 Å². The third-order valence-corrected chi connectivity index (χ3v) is 3.71. The largest absolute Gasteiger partial charge is 0.466 e. The van der Waals surface area contributed by atoms with Crippen LogP contribution in [0.25, 0.3) is 0 Å².